The van der Waals surface area contributed by atoms with Gasteiger partial charge in [-0.15, -0.1) is 5.76 Å². The molecule has 13 heavy (non-hydrogen) atoms. The van der Waals surface area contributed by atoms with Gasteiger partial charge < -0.3 is 15.2 Å². The summed E-state index contributed by atoms with van der Waals surface area (Å²) in [7, 11) is 1.13. The average molecular weight is 193 g/mol. The minimum atomic E-state index is -0.864. The summed E-state index contributed by atoms with van der Waals surface area (Å²) in [5.74, 6) is -1.96. The van der Waals surface area contributed by atoms with E-state index in [2.05, 4.69) is 10.1 Å². The third-order valence-electron chi connectivity index (χ3n) is 1.53. The molecule has 1 N–H and O–H groups in total. The molecule has 0 aromatic carbocycles. The van der Waals surface area contributed by atoms with Crippen LogP contribution >= 0.6 is 0 Å². The largest absolute Gasteiger partial charge is 1.00 e. The van der Waals surface area contributed by atoms with Crippen LogP contribution in [-0.2, 0) is 14.3 Å². The molecule has 1 aliphatic heterocycles. The minimum Gasteiger partial charge on any atom is -0.875 e. The van der Waals surface area contributed by atoms with Gasteiger partial charge in [0.1, 0.15) is 5.57 Å². The van der Waals surface area contributed by atoms with Crippen molar-refractivity contribution in [1.29, 1.82) is 0 Å². The van der Waals surface area contributed by atoms with Crippen LogP contribution in [-0.4, -0.2) is 25.5 Å². The second kappa shape index (κ2) is 5.26. The molecule has 0 radical (unpaired) electrons. The normalized spacial score (nSPS) is 15.9. The van der Waals surface area contributed by atoms with Crippen molar-refractivity contribution < 1.29 is 49.0 Å². The molecule has 1 heterocycles. The van der Waals surface area contributed by atoms with Gasteiger partial charge in [-0.3, -0.25) is 4.79 Å². The number of carbonyl (C=O) groups is 2. The molecule has 0 aliphatic carbocycles. The first-order valence-corrected chi connectivity index (χ1v) is 3.43. The Balaban J connectivity index is 0.00000144. The summed E-state index contributed by atoms with van der Waals surface area (Å²) in [5, 5.41) is 13.4. The number of ether oxygens (including phenoxy) is 1. The summed E-state index contributed by atoms with van der Waals surface area (Å²) in [6.07, 6.45) is 0.163. The van der Waals surface area contributed by atoms with Gasteiger partial charge in [0.2, 0.25) is 0 Å². The van der Waals surface area contributed by atoms with E-state index in [0.29, 0.717) is 0 Å². The van der Waals surface area contributed by atoms with Crippen LogP contribution < -0.4 is 40.0 Å². The van der Waals surface area contributed by atoms with Crippen molar-refractivity contribution in [3.8, 4) is 0 Å². The van der Waals surface area contributed by atoms with Crippen molar-refractivity contribution >= 4 is 11.9 Å². The molecule has 0 aromatic rings. The molecule has 0 saturated heterocycles. The maximum Gasteiger partial charge on any atom is 1.00 e. The molecule has 0 bridgehead atoms. The Labute approximate surface area is 97.4 Å². The summed E-state index contributed by atoms with van der Waals surface area (Å²) in [5.41, 5.74) is -0.399. The molecule has 0 spiro atoms. The molecule has 0 saturated carbocycles. The zero-order valence-electron chi connectivity index (χ0n) is 7.55. The van der Waals surface area contributed by atoms with Gasteiger partial charge in [-0.2, -0.15) is 0 Å². The van der Waals surface area contributed by atoms with Crippen LogP contribution in [0.25, 0.3) is 0 Å². The van der Waals surface area contributed by atoms with E-state index < -0.39 is 23.2 Å². The molecule has 1 rings (SSSR count). The Bertz CT molecular complexity index is 261. The van der Waals surface area contributed by atoms with Gasteiger partial charge in [-0.25, -0.2) is 4.79 Å². The van der Waals surface area contributed by atoms with E-state index in [1.54, 1.807) is 0 Å². The number of hydrogen-bond donors (Lipinski definition) is 1. The molecule has 0 unspecified atom stereocenters. The third kappa shape index (κ3) is 2.72. The Kier molecular flexibility index (Phi) is 5.05. The molecule has 0 fully saturated rings. The monoisotopic (exact) mass is 193 g/mol. The Morgan fingerprint density at radius 3 is 2.69 bits per heavy atom. The second-order valence-electron chi connectivity index (χ2n) is 2.30. The first kappa shape index (κ1) is 12.5. The number of hydrogen-bond acceptors (Lipinski definition) is 4. The van der Waals surface area contributed by atoms with Gasteiger partial charge in [0.15, 0.2) is 0 Å². The molecular weight excluding hydrogens is 185 g/mol. The average Bonchev–Trinajstić information content (AvgIpc) is 2.03. The number of amides is 1. The van der Waals surface area contributed by atoms with E-state index in [4.69, 9.17) is 0 Å². The predicted octanol–water partition coefficient (Wildman–Crippen LogP) is -4.70. The number of carbonyl (C=O) groups excluding carboxylic acids is 2. The van der Waals surface area contributed by atoms with Gasteiger partial charge in [-0.05, 0) is 6.42 Å². The van der Waals surface area contributed by atoms with Crippen LogP contribution in [0.15, 0.2) is 11.3 Å². The van der Waals surface area contributed by atoms with Crippen LogP contribution in [0.1, 0.15) is 6.42 Å². The van der Waals surface area contributed by atoms with E-state index in [1.807, 2.05) is 0 Å². The summed E-state index contributed by atoms with van der Waals surface area (Å²) in [6.45, 7) is 0.290. The van der Waals surface area contributed by atoms with E-state index in [0.717, 1.165) is 7.11 Å². The zero-order chi connectivity index (χ0) is 9.14. The fourth-order valence-electron chi connectivity index (χ4n) is 0.938. The van der Waals surface area contributed by atoms with Crippen molar-refractivity contribution in [1.82, 2.24) is 5.32 Å². The fraction of sp³-hybridized carbons (Fsp3) is 0.429. The SMILES string of the molecule is COC(=O)C1=C([O-])CCNC1=O.[Na+]. The van der Waals surface area contributed by atoms with Gasteiger partial charge in [-0.1, -0.05) is 0 Å². The standard InChI is InChI=1S/C7H9NO4.Na/c1-12-7(11)5-4(9)2-3-8-6(5)10;/h9H,2-3H2,1H3,(H,8,10);/q;+1/p-1. The maximum atomic E-state index is 11.0. The molecule has 66 valence electrons. The van der Waals surface area contributed by atoms with E-state index in [9.17, 15) is 14.7 Å². The van der Waals surface area contributed by atoms with E-state index >= 15 is 0 Å². The number of esters is 1. The number of methoxy groups -OCH3 is 1. The van der Waals surface area contributed by atoms with Crippen LogP contribution in [0.3, 0.4) is 0 Å². The van der Waals surface area contributed by atoms with Gasteiger partial charge in [0.25, 0.3) is 5.91 Å². The fourth-order valence-corrected chi connectivity index (χ4v) is 0.938. The number of rotatable bonds is 1. The van der Waals surface area contributed by atoms with Crippen molar-refractivity contribution in [2.75, 3.05) is 13.7 Å². The van der Waals surface area contributed by atoms with Crippen LogP contribution in [0, 0.1) is 0 Å². The molecule has 5 nitrogen and oxygen atoms in total. The summed E-state index contributed by atoms with van der Waals surface area (Å²) < 4.78 is 4.27. The van der Waals surface area contributed by atoms with Gasteiger partial charge in [0.05, 0.1) is 7.11 Å². The topological polar surface area (TPSA) is 78.5 Å². The minimum absolute atomic E-state index is 0. The van der Waals surface area contributed by atoms with Crippen molar-refractivity contribution in [2.24, 2.45) is 0 Å². The molecular formula is C7H8NNaO4. The third-order valence-corrected chi connectivity index (χ3v) is 1.53. The second-order valence-corrected chi connectivity index (χ2v) is 2.30. The van der Waals surface area contributed by atoms with Crippen molar-refractivity contribution in [2.45, 2.75) is 6.42 Å². The Morgan fingerprint density at radius 2 is 2.23 bits per heavy atom. The van der Waals surface area contributed by atoms with Crippen molar-refractivity contribution in [3.63, 3.8) is 0 Å². The molecule has 0 aromatic heterocycles. The van der Waals surface area contributed by atoms with Crippen LogP contribution in [0.2, 0.25) is 0 Å². The van der Waals surface area contributed by atoms with Crippen LogP contribution in [0.5, 0.6) is 0 Å². The molecule has 1 amide bonds. The smallest absolute Gasteiger partial charge is 0.875 e. The van der Waals surface area contributed by atoms with Crippen molar-refractivity contribution in [3.05, 3.63) is 11.3 Å². The maximum absolute atomic E-state index is 11.0. The summed E-state index contributed by atoms with van der Waals surface area (Å²) in [4.78, 5) is 21.8. The first-order valence-electron chi connectivity index (χ1n) is 3.43. The van der Waals surface area contributed by atoms with Crippen LogP contribution in [0.4, 0.5) is 0 Å². The molecule has 6 heteroatoms. The molecule has 0 atom stereocenters. The van der Waals surface area contributed by atoms with Gasteiger partial charge >= 0.3 is 35.5 Å². The Morgan fingerprint density at radius 1 is 1.62 bits per heavy atom. The van der Waals surface area contributed by atoms with Gasteiger partial charge in [0, 0.05) is 6.54 Å². The predicted molar refractivity (Wildman–Crippen MR) is 36.7 cm³/mol. The molecule has 1 aliphatic rings. The quantitative estimate of drug-likeness (QED) is 0.258. The zero-order valence-corrected chi connectivity index (χ0v) is 9.55. The first-order chi connectivity index (χ1) is 5.66. The summed E-state index contributed by atoms with van der Waals surface area (Å²) >= 11 is 0. The summed E-state index contributed by atoms with van der Waals surface area (Å²) in [6, 6.07) is 0. The van der Waals surface area contributed by atoms with E-state index in [-0.39, 0.29) is 42.5 Å². The Hall–Kier alpha value is -0.520. The number of nitrogens with one attached hydrogen (secondary N) is 1. The van der Waals surface area contributed by atoms with E-state index in [1.165, 1.54) is 0 Å².